The molecule has 0 radical (unpaired) electrons. The van der Waals surface area contributed by atoms with Gasteiger partial charge in [0.05, 0.1) is 31.3 Å². The Labute approximate surface area is 176 Å². The molecule has 0 saturated carbocycles. The summed E-state index contributed by atoms with van der Waals surface area (Å²) in [5.41, 5.74) is 1.84. The van der Waals surface area contributed by atoms with Crippen LogP contribution in [0.4, 0.5) is 5.69 Å². The summed E-state index contributed by atoms with van der Waals surface area (Å²) in [6, 6.07) is 7.50. The van der Waals surface area contributed by atoms with Gasteiger partial charge in [-0.05, 0) is 29.8 Å². The molecule has 3 rings (SSSR count). The monoisotopic (exact) mass is 432 g/mol. The number of hydrogen-bond acceptors (Lipinski definition) is 8. The summed E-state index contributed by atoms with van der Waals surface area (Å²) in [5.74, 6) is -0.942. The molecule has 0 atom stereocenters. The maximum absolute atomic E-state index is 12.5. The molecule has 1 fully saturated rings. The van der Waals surface area contributed by atoms with Crippen LogP contribution in [0.5, 0.6) is 0 Å². The number of anilines is 1. The number of carbonyl (C=O) groups is 2. The Bertz CT molecular complexity index is 994. The van der Waals surface area contributed by atoms with Crippen molar-refractivity contribution in [2.75, 3.05) is 43.7 Å². The predicted molar refractivity (Wildman–Crippen MR) is 112 cm³/mol. The zero-order valence-corrected chi connectivity index (χ0v) is 17.7. The molecule has 1 saturated heterocycles. The summed E-state index contributed by atoms with van der Waals surface area (Å²) in [5, 5.41) is 0. The number of allylic oxidation sites excluding steroid dienone is 2. The van der Waals surface area contributed by atoms with Gasteiger partial charge < -0.3 is 14.4 Å². The first-order valence-electron chi connectivity index (χ1n) is 9.41. The minimum absolute atomic E-state index is 0.0586. The number of hydrogen-bond donors (Lipinski definition) is 0. The maximum atomic E-state index is 12.5. The summed E-state index contributed by atoms with van der Waals surface area (Å²) in [4.78, 5) is 28.3. The predicted octanol–water partition coefficient (Wildman–Crippen LogP) is 1.41. The molecule has 0 unspecified atom stereocenters. The molecular weight excluding hydrogens is 408 g/mol. The Morgan fingerprint density at radius 2 is 1.60 bits per heavy atom. The molecule has 30 heavy (non-hydrogen) atoms. The standard InChI is InChI=1S/C21H24N2O6S/c1-28-20(24)18-5-3-4-10-23(19(18)21(25)29-2)17-8-6-16(7-9-17)15-22-11-13-30(26,27)14-12-22/h3-10H,11-15H2,1-2H3. The number of rotatable bonds is 5. The third-order valence-electron chi connectivity index (χ3n) is 4.95. The van der Waals surface area contributed by atoms with E-state index in [0.717, 1.165) is 5.56 Å². The second-order valence-electron chi connectivity index (χ2n) is 6.91. The molecule has 2 heterocycles. The Balaban J connectivity index is 1.84. The summed E-state index contributed by atoms with van der Waals surface area (Å²) in [7, 11) is -0.409. The van der Waals surface area contributed by atoms with Crippen molar-refractivity contribution in [2.45, 2.75) is 6.54 Å². The molecule has 9 heteroatoms. The van der Waals surface area contributed by atoms with E-state index in [1.165, 1.54) is 20.3 Å². The lowest BCUT2D eigenvalue weighted by Gasteiger charge is -2.27. The first-order chi connectivity index (χ1) is 14.3. The molecule has 1 aromatic carbocycles. The highest BCUT2D eigenvalue weighted by Gasteiger charge is 2.27. The fraction of sp³-hybridized carbons (Fsp3) is 0.333. The van der Waals surface area contributed by atoms with Crippen LogP contribution < -0.4 is 4.90 Å². The molecule has 2 aliphatic heterocycles. The smallest absolute Gasteiger partial charge is 0.355 e. The lowest BCUT2D eigenvalue weighted by atomic mass is 10.1. The number of nitrogens with zero attached hydrogens (tertiary/aromatic N) is 2. The average Bonchev–Trinajstić information content (AvgIpc) is 2.97. The lowest BCUT2D eigenvalue weighted by Crippen LogP contribution is -2.39. The first-order valence-corrected chi connectivity index (χ1v) is 11.2. The fourth-order valence-electron chi connectivity index (χ4n) is 3.29. The SMILES string of the molecule is COC(=O)C1=C(C(=O)OC)N(c2ccc(CN3CCS(=O)(=O)CC3)cc2)C=CC=C1. The first kappa shape index (κ1) is 21.8. The molecular formula is C21H24N2O6S. The Morgan fingerprint density at radius 3 is 2.20 bits per heavy atom. The van der Waals surface area contributed by atoms with Gasteiger partial charge in [0.1, 0.15) is 5.70 Å². The highest BCUT2D eigenvalue weighted by Crippen LogP contribution is 2.27. The van der Waals surface area contributed by atoms with Gasteiger partial charge in [-0.3, -0.25) is 4.90 Å². The van der Waals surface area contributed by atoms with Crippen molar-refractivity contribution in [3.63, 3.8) is 0 Å². The van der Waals surface area contributed by atoms with Gasteiger partial charge in [0.15, 0.2) is 9.84 Å². The number of sulfone groups is 1. The van der Waals surface area contributed by atoms with Gasteiger partial charge in [-0.15, -0.1) is 0 Å². The molecule has 160 valence electrons. The summed E-state index contributed by atoms with van der Waals surface area (Å²) >= 11 is 0. The number of benzene rings is 1. The minimum Gasteiger partial charge on any atom is -0.465 e. The second kappa shape index (κ2) is 9.27. The Kier molecular flexibility index (Phi) is 6.73. The van der Waals surface area contributed by atoms with Crippen LogP contribution in [0.2, 0.25) is 0 Å². The summed E-state index contributed by atoms with van der Waals surface area (Å²) in [6.45, 7) is 1.67. The van der Waals surface area contributed by atoms with Crippen LogP contribution in [0.1, 0.15) is 5.56 Å². The summed E-state index contributed by atoms with van der Waals surface area (Å²) < 4.78 is 32.9. The third-order valence-corrected chi connectivity index (χ3v) is 6.56. The minimum atomic E-state index is -2.91. The normalized spacial score (nSPS) is 18.8. The quantitative estimate of drug-likeness (QED) is 0.645. The Morgan fingerprint density at radius 1 is 0.967 bits per heavy atom. The molecule has 0 spiro atoms. The van der Waals surface area contributed by atoms with Gasteiger partial charge in [0, 0.05) is 31.5 Å². The van der Waals surface area contributed by atoms with Gasteiger partial charge in [0.2, 0.25) is 0 Å². The molecule has 0 N–H and O–H groups in total. The largest absolute Gasteiger partial charge is 0.465 e. The van der Waals surface area contributed by atoms with Crippen LogP contribution in [-0.2, 0) is 35.4 Å². The van der Waals surface area contributed by atoms with E-state index < -0.39 is 21.8 Å². The average molecular weight is 432 g/mol. The van der Waals surface area contributed by atoms with Crippen LogP contribution in [0.3, 0.4) is 0 Å². The van der Waals surface area contributed by atoms with Crippen molar-refractivity contribution >= 4 is 27.5 Å². The van der Waals surface area contributed by atoms with Crippen molar-refractivity contribution in [3.8, 4) is 0 Å². The molecule has 0 amide bonds. The van der Waals surface area contributed by atoms with Crippen LogP contribution in [0, 0.1) is 0 Å². The topological polar surface area (TPSA) is 93.2 Å². The van der Waals surface area contributed by atoms with Crippen molar-refractivity contribution in [1.29, 1.82) is 0 Å². The lowest BCUT2D eigenvalue weighted by molar-refractivity contribution is -0.139. The van der Waals surface area contributed by atoms with E-state index in [1.54, 1.807) is 23.3 Å². The van der Waals surface area contributed by atoms with E-state index in [4.69, 9.17) is 9.47 Å². The van der Waals surface area contributed by atoms with E-state index in [2.05, 4.69) is 4.90 Å². The van der Waals surface area contributed by atoms with E-state index >= 15 is 0 Å². The van der Waals surface area contributed by atoms with Crippen molar-refractivity contribution in [2.24, 2.45) is 0 Å². The molecule has 0 aromatic heterocycles. The fourth-order valence-corrected chi connectivity index (χ4v) is 4.57. The van der Waals surface area contributed by atoms with Crippen LogP contribution >= 0.6 is 0 Å². The number of ether oxygens (including phenoxy) is 2. The zero-order valence-electron chi connectivity index (χ0n) is 16.9. The number of esters is 2. The van der Waals surface area contributed by atoms with E-state index in [9.17, 15) is 18.0 Å². The highest BCUT2D eigenvalue weighted by atomic mass is 32.2. The van der Waals surface area contributed by atoms with Gasteiger partial charge in [-0.2, -0.15) is 0 Å². The highest BCUT2D eigenvalue weighted by molar-refractivity contribution is 7.91. The molecule has 0 aliphatic carbocycles. The molecule has 1 aromatic rings. The van der Waals surface area contributed by atoms with Gasteiger partial charge in [0.25, 0.3) is 0 Å². The van der Waals surface area contributed by atoms with Crippen molar-refractivity contribution < 1.29 is 27.5 Å². The number of methoxy groups -OCH3 is 2. The van der Waals surface area contributed by atoms with Crippen LogP contribution in [0.25, 0.3) is 0 Å². The summed E-state index contributed by atoms with van der Waals surface area (Å²) in [6.07, 6.45) is 6.53. The molecule has 2 aliphatic rings. The molecule has 8 nitrogen and oxygen atoms in total. The molecule has 0 bridgehead atoms. The van der Waals surface area contributed by atoms with Crippen LogP contribution in [-0.4, -0.2) is 64.1 Å². The Hall–Kier alpha value is -2.91. The van der Waals surface area contributed by atoms with E-state index in [-0.39, 0.29) is 22.8 Å². The van der Waals surface area contributed by atoms with Gasteiger partial charge in [-0.25, -0.2) is 18.0 Å². The van der Waals surface area contributed by atoms with Gasteiger partial charge >= 0.3 is 11.9 Å². The second-order valence-corrected chi connectivity index (χ2v) is 9.21. The van der Waals surface area contributed by atoms with E-state index in [0.29, 0.717) is 25.3 Å². The number of carbonyl (C=O) groups excluding carboxylic acids is 2. The third kappa shape index (κ3) is 4.98. The van der Waals surface area contributed by atoms with Crippen molar-refractivity contribution in [1.82, 2.24) is 4.90 Å². The van der Waals surface area contributed by atoms with Crippen LogP contribution in [0.15, 0.2) is 60.0 Å². The van der Waals surface area contributed by atoms with E-state index in [1.807, 2.05) is 24.3 Å². The van der Waals surface area contributed by atoms with Gasteiger partial charge in [-0.1, -0.05) is 18.2 Å². The van der Waals surface area contributed by atoms with Crippen molar-refractivity contribution in [3.05, 3.63) is 65.5 Å². The zero-order chi connectivity index (χ0) is 21.7. The maximum Gasteiger partial charge on any atom is 0.355 e.